The van der Waals surface area contributed by atoms with Gasteiger partial charge in [-0.15, -0.1) is 0 Å². The molecule has 0 radical (unpaired) electrons. The first-order valence-corrected chi connectivity index (χ1v) is 9.14. The first-order valence-electron chi connectivity index (χ1n) is 9.14. The lowest BCUT2D eigenvalue weighted by atomic mass is 10.1. The van der Waals surface area contributed by atoms with E-state index < -0.39 is 0 Å². The molecule has 2 heterocycles. The summed E-state index contributed by atoms with van der Waals surface area (Å²) in [5, 5.41) is 14.0. The molecule has 1 unspecified atom stereocenters. The van der Waals surface area contributed by atoms with Crippen molar-refractivity contribution in [3.63, 3.8) is 0 Å². The second kappa shape index (κ2) is 7.23. The van der Waals surface area contributed by atoms with Gasteiger partial charge in [0.25, 0.3) is 0 Å². The summed E-state index contributed by atoms with van der Waals surface area (Å²) in [7, 11) is 0. The smallest absolute Gasteiger partial charge is 0.207 e. The van der Waals surface area contributed by atoms with Crippen LogP contribution in [0.4, 0.5) is 5.82 Å². The van der Waals surface area contributed by atoms with Gasteiger partial charge in [0.05, 0.1) is 11.1 Å². The first-order chi connectivity index (χ1) is 13.2. The molecule has 1 atom stereocenters. The van der Waals surface area contributed by atoms with Crippen LogP contribution in [0.15, 0.2) is 42.5 Å². The highest BCUT2D eigenvalue weighted by Gasteiger charge is 2.25. The molecule has 0 saturated carbocycles. The van der Waals surface area contributed by atoms with Gasteiger partial charge in [-0.1, -0.05) is 18.2 Å². The van der Waals surface area contributed by atoms with Gasteiger partial charge < -0.3 is 15.3 Å². The Hall–Kier alpha value is -3.15. The number of amides is 1. The molecule has 1 amide bonds. The number of hydrogen-bond donors (Lipinski definition) is 2. The van der Waals surface area contributed by atoms with Crippen molar-refractivity contribution in [1.29, 1.82) is 0 Å². The van der Waals surface area contributed by atoms with Gasteiger partial charge in [0.15, 0.2) is 5.82 Å². The number of hydrogen-bond acceptors (Lipinski definition) is 5. The largest absolute Gasteiger partial charge is 0.507 e. The van der Waals surface area contributed by atoms with Crippen LogP contribution in [0.3, 0.4) is 0 Å². The van der Waals surface area contributed by atoms with Crippen molar-refractivity contribution in [1.82, 2.24) is 15.3 Å². The van der Waals surface area contributed by atoms with E-state index in [0.717, 1.165) is 48.2 Å². The fraction of sp³-hybridized carbons (Fsp3) is 0.286. The van der Waals surface area contributed by atoms with Crippen LogP contribution in [0, 0.1) is 12.8 Å². The van der Waals surface area contributed by atoms with Crippen LogP contribution in [0.5, 0.6) is 5.75 Å². The fourth-order valence-corrected chi connectivity index (χ4v) is 3.65. The van der Waals surface area contributed by atoms with Crippen molar-refractivity contribution in [2.75, 3.05) is 24.5 Å². The predicted octanol–water partition coefficient (Wildman–Crippen LogP) is 2.88. The van der Waals surface area contributed by atoms with Crippen LogP contribution in [-0.2, 0) is 4.79 Å². The van der Waals surface area contributed by atoms with Crippen molar-refractivity contribution >= 4 is 23.1 Å². The molecular formula is C21H22N4O2. The van der Waals surface area contributed by atoms with E-state index in [0.29, 0.717) is 23.9 Å². The number of rotatable bonds is 5. The van der Waals surface area contributed by atoms with E-state index in [9.17, 15) is 9.90 Å². The van der Waals surface area contributed by atoms with Crippen molar-refractivity contribution in [2.24, 2.45) is 5.92 Å². The highest BCUT2D eigenvalue weighted by molar-refractivity contribution is 5.92. The summed E-state index contributed by atoms with van der Waals surface area (Å²) in [6.07, 6.45) is 1.76. The zero-order valence-corrected chi connectivity index (χ0v) is 15.2. The molecule has 6 heteroatoms. The molecule has 0 bridgehead atoms. The molecule has 1 saturated heterocycles. The lowest BCUT2D eigenvalue weighted by Gasteiger charge is -2.20. The number of anilines is 1. The summed E-state index contributed by atoms with van der Waals surface area (Å²) < 4.78 is 0. The van der Waals surface area contributed by atoms with Crippen LogP contribution in [-0.4, -0.2) is 41.1 Å². The Morgan fingerprint density at radius 2 is 2.11 bits per heavy atom. The summed E-state index contributed by atoms with van der Waals surface area (Å²) >= 11 is 0. The minimum absolute atomic E-state index is 0.171. The van der Waals surface area contributed by atoms with Crippen LogP contribution in [0.1, 0.15) is 12.0 Å². The molecule has 4 rings (SSSR count). The number of carbonyl (C=O) groups excluding carboxylic acids is 1. The van der Waals surface area contributed by atoms with Crippen LogP contribution >= 0.6 is 0 Å². The van der Waals surface area contributed by atoms with E-state index in [2.05, 4.69) is 22.3 Å². The van der Waals surface area contributed by atoms with E-state index in [1.807, 2.05) is 25.1 Å². The third-order valence-corrected chi connectivity index (χ3v) is 5.05. The van der Waals surface area contributed by atoms with Gasteiger partial charge >= 0.3 is 0 Å². The van der Waals surface area contributed by atoms with Crippen LogP contribution < -0.4 is 10.2 Å². The molecule has 0 aliphatic carbocycles. The number of carbonyl (C=O) groups is 1. The van der Waals surface area contributed by atoms with Crippen LogP contribution in [0.2, 0.25) is 0 Å². The van der Waals surface area contributed by atoms with Crippen molar-refractivity contribution in [2.45, 2.75) is 13.3 Å². The fourth-order valence-electron chi connectivity index (χ4n) is 3.65. The zero-order valence-electron chi connectivity index (χ0n) is 15.2. The SMILES string of the molecule is Cc1ccc2c(N3CCC(CNC=O)C3)nc(-c3ccccc3O)nc2c1. The van der Waals surface area contributed by atoms with Gasteiger partial charge in [-0.3, -0.25) is 4.79 Å². The normalized spacial score (nSPS) is 16.6. The molecule has 1 fully saturated rings. The van der Waals surface area contributed by atoms with E-state index in [1.54, 1.807) is 12.1 Å². The van der Waals surface area contributed by atoms with Gasteiger partial charge in [-0.25, -0.2) is 9.97 Å². The second-order valence-electron chi connectivity index (χ2n) is 7.04. The maximum absolute atomic E-state index is 10.6. The Morgan fingerprint density at radius 1 is 1.26 bits per heavy atom. The molecule has 1 aromatic heterocycles. The van der Waals surface area contributed by atoms with Crippen molar-refractivity contribution in [3.05, 3.63) is 48.0 Å². The predicted molar refractivity (Wildman–Crippen MR) is 106 cm³/mol. The molecule has 1 aliphatic rings. The number of phenols is 1. The highest BCUT2D eigenvalue weighted by atomic mass is 16.3. The van der Waals surface area contributed by atoms with Crippen LogP contribution in [0.25, 0.3) is 22.3 Å². The van der Waals surface area contributed by atoms with Crippen molar-refractivity contribution in [3.8, 4) is 17.1 Å². The number of para-hydroxylation sites is 1. The van der Waals surface area contributed by atoms with E-state index >= 15 is 0 Å². The van der Waals surface area contributed by atoms with Gasteiger partial charge in [-0.05, 0) is 49.1 Å². The molecule has 3 aromatic rings. The minimum Gasteiger partial charge on any atom is -0.507 e. The Bertz CT molecular complexity index is 989. The summed E-state index contributed by atoms with van der Waals surface area (Å²) in [6, 6.07) is 13.3. The van der Waals surface area contributed by atoms with Gasteiger partial charge in [0.1, 0.15) is 11.6 Å². The molecule has 2 aromatic carbocycles. The van der Waals surface area contributed by atoms with E-state index in [-0.39, 0.29) is 5.75 Å². The standard InChI is InChI=1S/C21H22N4O2/c1-14-6-7-16-18(10-14)23-20(17-4-2-3-5-19(17)27)24-21(16)25-9-8-15(12-25)11-22-13-26/h2-7,10,13,15,27H,8-9,11-12H2,1H3,(H,22,26). The number of benzene rings is 2. The summed E-state index contributed by atoms with van der Waals surface area (Å²) in [5.41, 5.74) is 2.62. The Kier molecular flexibility index (Phi) is 4.62. The monoisotopic (exact) mass is 362 g/mol. The zero-order chi connectivity index (χ0) is 18.8. The van der Waals surface area contributed by atoms with E-state index in [4.69, 9.17) is 9.97 Å². The van der Waals surface area contributed by atoms with E-state index in [1.165, 1.54) is 0 Å². The molecule has 6 nitrogen and oxygen atoms in total. The minimum atomic E-state index is 0.171. The molecule has 1 aliphatic heterocycles. The van der Waals surface area contributed by atoms with Gasteiger partial charge in [0, 0.05) is 25.0 Å². The quantitative estimate of drug-likeness (QED) is 0.683. The third kappa shape index (κ3) is 3.43. The highest BCUT2D eigenvalue weighted by Crippen LogP contribution is 2.33. The van der Waals surface area contributed by atoms with Crippen molar-refractivity contribution < 1.29 is 9.90 Å². The number of aryl methyl sites for hydroxylation is 1. The summed E-state index contributed by atoms with van der Waals surface area (Å²) in [4.78, 5) is 22.4. The summed E-state index contributed by atoms with van der Waals surface area (Å²) in [5.74, 6) is 1.98. The maximum atomic E-state index is 10.6. The number of aromatic nitrogens is 2. The third-order valence-electron chi connectivity index (χ3n) is 5.05. The van der Waals surface area contributed by atoms with Gasteiger partial charge in [0.2, 0.25) is 6.41 Å². The average molecular weight is 362 g/mol. The Balaban J connectivity index is 1.79. The topological polar surface area (TPSA) is 78.4 Å². The summed E-state index contributed by atoms with van der Waals surface area (Å²) in [6.45, 7) is 4.43. The number of nitrogens with zero attached hydrogens (tertiary/aromatic N) is 3. The Labute approximate surface area is 157 Å². The number of phenolic OH excluding ortho intramolecular Hbond substituents is 1. The molecule has 2 N–H and O–H groups in total. The lowest BCUT2D eigenvalue weighted by Crippen LogP contribution is -2.26. The number of aromatic hydroxyl groups is 1. The molecule has 0 spiro atoms. The maximum Gasteiger partial charge on any atom is 0.207 e. The number of nitrogens with one attached hydrogen (secondary N) is 1. The Morgan fingerprint density at radius 3 is 2.93 bits per heavy atom. The molecule has 138 valence electrons. The van der Waals surface area contributed by atoms with Gasteiger partial charge in [-0.2, -0.15) is 0 Å². The first kappa shape index (κ1) is 17.3. The molecular weight excluding hydrogens is 340 g/mol. The molecule has 27 heavy (non-hydrogen) atoms. The lowest BCUT2D eigenvalue weighted by molar-refractivity contribution is -0.109. The number of fused-ring (bicyclic) bond motifs is 1. The second-order valence-corrected chi connectivity index (χ2v) is 7.04. The average Bonchev–Trinajstić information content (AvgIpc) is 3.14.